The summed E-state index contributed by atoms with van der Waals surface area (Å²) >= 11 is 11.7. The molecule has 0 radical (unpaired) electrons. The largest absolute Gasteiger partial charge is 0.480 e. The first-order chi connectivity index (χ1) is 27.4. The van der Waals surface area contributed by atoms with Crippen molar-refractivity contribution in [1.29, 1.82) is 0 Å². The molecule has 4 rings (SSSR count). The summed E-state index contributed by atoms with van der Waals surface area (Å²) in [7, 11) is -3.10. The Morgan fingerprint density at radius 1 is 1.07 bits per heavy atom. The first-order valence-electron chi connectivity index (χ1n) is 19.1. The van der Waals surface area contributed by atoms with Crippen LogP contribution in [0.15, 0.2) is 41.5 Å². The lowest BCUT2D eigenvalue weighted by atomic mass is 9.93. The number of carbonyl (C=O) groups excluding carboxylic acids is 4. The normalized spacial score (nSPS) is 15.0. The third kappa shape index (κ3) is 15.4. The SMILES string of the molecule is CCCCCOC(=O)COc1cc(N2C(=O)C3=C(CCCC3)C2=O)c(F)cc1Cl.CCOCN(C(=O)CCl)c1c(C)cccc1CC.CP(=O)(O)CCC(N)C(=O)O. The van der Waals surface area contributed by atoms with Crippen LogP contribution >= 0.6 is 30.6 Å². The predicted octanol–water partition coefficient (Wildman–Crippen LogP) is 7.15. The summed E-state index contributed by atoms with van der Waals surface area (Å²) in [6, 6.07) is 7.14. The minimum absolute atomic E-state index is 0.000883. The van der Waals surface area contributed by atoms with Gasteiger partial charge in [0.05, 0.1) is 23.0 Å². The number of hydrogen-bond acceptors (Lipinski definition) is 10. The summed E-state index contributed by atoms with van der Waals surface area (Å²) in [5.41, 5.74) is 8.89. The van der Waals surface area contributed by atoms with Gasteiger partial charge in [0, 0.05) is 36.6 Å². The Labute approximate surface area is 349 Å². The van der Waals surface area contributed by atoms with E-state index in [0.717, 1.165) is 66.3 Å². The molecule has 3 amide bonds. The zero-order valence-electron chi connectivity index (χ0n) is 33.7. The molecule has 2 atom stereocenters. The van der Waals surface area contributed by atoms with Crippen LogP contribution in [-0.4, -0.2) is 91.0 Å². The molecule has 4 N–H and O–H groups in total. The Morgan fingerprint density at radius 2 is 1.71 bits per heavy atom. The molecule has 322 valence electrons. The number of carboxylic acid groups (broad SMARTS) is 1. The molecule has 0 bridgehead atoms. The fourth-order valence-electron chi connectivity index (χ4n) is 5.88. The average molecular weight is 875 g/mol. The molecule has 0 fully saturated rings. The third-order valence-corrected chi connectivity index (χ3v) is 10.6. The van der Waals surface area contributed by atoms with Gasteiger partial charge in [0.25, 0.3) is 11.8 Å². The topological polar surface area (TPSA) is 203 Å². The van der Waals surface area contributed by atoms with E-state index in [2.05, 4.69) is 6.92 Å². The van der Waals surface area contributed by atoms with E-state index in [1.807, 2.05) is 39.0 Å². The fraction of sp³-hybridized carbons (Fsp3) is 0.525. The van der Waals surface area contributed by atoms with E-state index in [0.29, 0.717) is 37.2 Å². The number of amides is 3. The van der Waals surface area contributed by atoms with Crippen molar-refractivity contribution < 1.29 is 57.1 Å². The van der Waals surface area contributed by atoms with E-state index in [1.165, 1.54) is 12.7 Å². The van der Waals surface area contributed by atoms with Crippen molar-refractivity contribution in [3.8, 4) is 5.75 Å². The highest BCUT2D eigenvalue weighted by Crippen LogP contribution is 2.40. The highest BCUT2D eigenvalue weighted by Gasteiger charge is 2.41. The molecule has 1 heterocycles. The number of carboxylic acids is 1. The molecular weight excluding hydrogens is 819 g/mol. The molecule has 0 saturated heterocycles. The molecule has 58 heavy (non-hydrogen) atoms. The van der Waals surface area contributed by atoms with E-state index < -0.39 is 49.6 Å². The quantitative estimate of drug-likeness (QED) is 0.0342. The second kappa shape index (κ2) is 24.9. The van der Waals surface area contributed by atoms with Crippen molar-refractivity contribution in [2.24, 2.45) is 5.73 Å². The first-order valence-corrected chi connectivity index (χ1v) is 22.3. The number of unbranched alkanes of at least 4 members (excludes halogenated alkanes) is 2. The molecule has 0 aromatic heterocycles. The maximum absolute atomic E-state index is 14.5. The summed E-state index contributed by atoms with van der Waals surface area (Å²) in [5.74, 6) is -3.71. The number of halogens is 3. The second-order valence-corrected chi connectivity index (χ2v) is 16.8. The van der Waals surface area contributed by atoms with E-state index in [-0.39, 0.29) is 47.6 Å². The summed E-state index contributed by atoms with van der Waals surface area (Å²) in [4.78, 5) is 70.4. The number of aryl methyl sites for hydroxylation is 2. The van der Waals surface area contributed by atoms with Crippen molar-refractivity contribution in [3.63, 3.8) is 0 Å². The van der Waals surface area contributed by atoms with Gasteiger partial charge in [-0.05, 0) is 76.0 Å². The van der Waals surface area contributed by atoms with Crippen LogP contribution in [0.3, 0.4) is 0 Å². The van der Waals surface area contributed by atoms with Crippen LogP contribution in [0.5, 0.6) is 5.75 Å². The van der Waals surface area contributed by atoms with Gasteiger partial charge in [0.2, 0.25) is 5.91 Å². The van der Waals surface area contributed by atoms with Gasteiger partial charge in [-0.1, -0.05) is 56.5 Å². The van der Waals surface area contributed by atoms with Crippen molar-refractivity contribution >= 4 is 71.6 Å². The molecule has 14 nitrogen and oxygen atoms in total. The van der Waals surface area contributed by atoms with Gasteiger partial charge in [-0.2, -0.15) is 0 Å². The number of aliphatic carboxylic acids is 1. The molecule has 18 heteroatoms. The lowest BCUT2D eigenvalue weighted by Crippen LogP contribution is -2.35. The lowest BCUT2D eigenvalue weighted by Gasteiger charge is -2.25. The van der Waals surface area contributed by atoms with Crippen LogP contribution < -0.4 is 20.3 Å². The minimum Gasteiger partial charge on any atom is -0.480 e. The van der Waals surface area contributed by atoms with Crippen molar-refractivity contribution in [3.05, 3.63) is 63.4 Å². The van der Waals surface area contributed by atoms with Gasteiger partial charge in [0.15, 0.2) is 14.0 Å². The van der Waals surface area contributed by atoms with Crippen molar-refractivity contribution in [2.75, 3.05) is 55.1 Å². The Morgan fingerprint density at radius 3 is 2.24 bits per heavy atom. The number of ether oxygens (including phenoxy) is 3. The van der Waals surface area contributed by atoms with Crippen LogP contribution in [0.4, 0.5) is 15.8 Å². The lowest BCUT2D eigenvalue weighted by molar-refractivity contribution is -0.146. The van der Waals surface area contributed by atoms with E-state index in [4.69, 9.17) is 53.1 Å². The molecule has 2 aromatic carbocycles. The number of imide groups is 1. The van der Waals surface area contributed by atoms with Gasteiger partial charge in [0.1, 0.15) is 30.2 Å². The summed E-state index contributed by atoms with van der Waals surface area (Å²) in [5, 5.41) is 8.21. The maximum Gasteiger partial charge on any atom is 0.344 e. The van der Waals surface area contributed by atoms with Gasteiger partial charge in [-0.3, -0.25) is 28.6 Å². The Kier molecular flexibility index (Phi) is 21.6. The molecule has 1 aliphatic carbocycles. The molecular formula is C40H55Cl2FN3O11P. The van der Waals surface area contributed by atoms with Crippen LogP contribution in [0.2, 0.25) is 5.02 Å². The number of nitrogens with two attached hydrogens (primary N) is 1. The Bertz CT molecular complexity index is 1810. The highest BCUT2D eigenvalue weighted by molar-refractivity contribution is 7.57. The zero-order chi connectivity index (χ0) is 43.6. The van der Waals surface area contributed by atoms with Gasteiger partial charge < -0.3 is 29.9 Å². The predicted molar refractivity (Wildman–Crippen MR) is 221 cm³/mol. The molecule has 2 unspecified atom stereocenters. The minimum atomic E-state index is -3.10. The van der Waals surface area contributed by atoms with Gasteiger partial charge in [-0.15, -0.1) is 11.6 Å². The van der Waals surface area contributed by atoms with Crippen LogP contribution in [0, 0.1) is 12.7 Å². The summed E-state index contributed by atoms with van der Waals surface area (Å²) in [6.07, 6.45) is 6.27. The van der Waals surface area contributed by atoms with Gasteiger partial charge >= 0.3 is 11.9 Å². The number of benzene rings is 2. The number of carbonyl (C=O) groups is 5. The van der Waals surface area contributed by atoms with Crippen molar-refractivity contribution in [2.45, 2.75) is 91.5 Å². The zero-order valence-corrected chi connectivity index (χ0v) is 36.1. The first kappa shape index (κ1) is 50.3. The van der Waals surface area contributed by atoms with E-state index >= 15 is 0 Å². The van der Waals surface area contributed by atoms with Crippen LogP contribution in [0.1, 0.15) is 83.3 Å². The Hall–Kier alpha value is -3.85. The number of para-hydroxylation sites is 1. The molecule has 0 spiro atoms. The van der Waals surface area contributed by atoms with Gasteiger partial charge in [-0.25, -0.2) is 14.1 Å². The standard InChI is InChI=1S/C21H23ClFNO5.C14H20ClNO2.C5H12NO4P/c1-2-3-6-9-28-19(25)12-29-18-11-17(16(23)10-15(18)22)24-20(26)13-7-4-5-8-14(13)21(24)27;1-4-12-8-6-7-11(3)14(12)16(10-18-5-2)13(17)9-15;1-11(9,10)3-2-4(6)5(7)8/h10-11H,2-9,12H2,1H3;6-8H,4-5,9-10H2,1-3H3;4H,2-3,6H2,1H3,(H,7,8)(H,9,10). The molecule has 2 aliphatic rings. The van der Waals surface area contributed by atoms with E-state index in [9.17, 15) is 32.9 Å². The number of anilines is 2. The third-order valence-electron chi connectivity index (χ3n) is 8.97. The highest BCUT2D eigenvalue weighted by atomic mass is 35.5. The summed E-state index contributed by atoms with van der Waals surface area (Å²) < 4.78 is 41.0. The molecule has 0 saturated carbocycles. The van der Waals surface area contributed by atoms with Crippen LogP contribution in [0.25, 0.3) is 0 Å². The maximum atomic E-state index is 14.5. The number of hydrogen-bond donors (Lipinski definition) is 3. The van der Waals surface area contributed by atoms with E-state index in [1.54, 1.807) is 4.90 Å². The average Bonchev–Trinajstić information content (AvgIpc) is 3.44. The Balaban J connectivity index is 0.000000341. The molecule has 1 aliphatic heterocycles. The number of rotatable bonds is 18. The molecule has 2 aromatic rings. The smallest absolute Gasteiger partial charge is 0.344 e. The monoisotopic (exact) mass is 873 g/mol. The number of esters is 1. The number of nitrogens with zero attached hydrogens (tertiary/aromatic N) is 2. The van der Waals surface area contributed by atoms with Crippen LogP contribution in [-0.2, 0) is 44.4 Å². The fourth-order valence-corrected chi connectivity index (χ4v) is 6.99. The summed E-state index contributed by atoms with van der Waals surface area (Å²) in [6.45, 7) is 9.90. The number of alkyl halides is 1. The van der Waals surface area contributed by atoms with Crippen molar-refractivity contribution in [1.82, 2.24) is 0 Å². The second-order valence-electron chi connectivity index (χ2n) is 13.6.